The Labute approximate surface area is 66.6 Å². The molecular formula is C8H13NO2. The first kappa shape index (κ1) is 10.1. The van der Waals surface area contributed by atoms with E-state index in [0.29, 0.717) is 19.3 Å². The molecule has 0 heterocycles. The summed E-state index contributed by atoms with van der Waals surface area (Å²) in [7, 11) is 0. The zero-order valence-electron chi connectivity index (χ0n) is 6.71. The SMILES string of the molecule is CCC(CCC#N)C(=O)CO. The van der Waals surface area contributed by atoms with Gasteiger partial charge in [-0.1, -0.05) is 6.92 Å². The van der Waals surface area contributed by atoms with Gasteiger partial charge in [0.05, 0.1) is 6.07 Å². The van der Waals surface area contributed by atoms with Gasteiger partial charge in [0.2, 0.25) is 0 Å². The minimum atomic E-state index is -0.399. The zero-order valence-corrected chi connectivity index (χ0v) is 6.71. The van der Waals surface area contributed by atoms with Crippen molar-refractivity contribution in [2.75, 3.05) is 6.61 Å². The van der Waals surface area contributed by atoms with Crippen molar-refractivity contribution in [3.05, 3.63) is 0 Å². The number of hydrogen-bond acceptors (Lipinski definition) is 3. The molecule has 0 amide bonds. The Balaban J connectivity index is 3.77. The van der Waals surface area contributed by atoms with Crippen molar-refractivity contribution in [3.63, 3.8) is 0 Å². The zero-order chi connectivity index (χ0) is 8.69. The quantitative estimate of drug-likeness (QED) is 0.641. The predicted molar refractivity (Wildman–Crippen MR) is 40.7 cm³/mol. The molecule has 11 heavy (non-hydrogen) atoms. The maximum absolute atomic E-state index is 10.9. The summed E-state index contributed by atoms with van der Waals surface area (Å²) in [6, 6.07) is 1.98. The van der Waals surface area contributed by atoms with E-state index in [1.165, 1.54) is 0 Å². The maximum Gasteiger partial charge on any atom is 0.161 e. The number of ketones is 1. The molecule has 1 N–H and O–H groups in total. The fraction of sp³-hybridized carbons (Fsp3) is 0.750. The van der Waals surface area contributed by atoms with Gasteiger partial charge < -0.3 is 5.11 Å². The predicted octanol–water partition coefficient (Wildman–Crippen LogP) is 0.878. The molecule has 0 bridgehead atoms. The number of carbonyl (C=O) groups excluding carboxylic acids is 1. The average molecular weight is 155 g/mol. The highest BCUT2D eigenvalue weighted by atomic mass is 16.3. The second kappa shape index (κ2) is 5.87. The molecule has 0 aromatic heterocycles. The lowest BCUT2D eigenvalue weighted by Gasteiger charge is -2.08. The van der Waals surface area contributed by atoms with Crippen LogP contribution < -0.4 is 0 Å². The van der Waals surface area contributed by atoms with Gasteiger partial charge in [-0.05, 0) is 12.8 Å². The molecule has 0 aliphatic rings. The smallest absolute Gasteiger partial charge is 0.161 e. The van der Waals surface area contributed by atoms with Gasteiger partial charge in [0.1, 0.15) is 6.61 Å². The van der Waals surface area contributed by atoms with Crippen LogP contribution in [0.25, 0.3) is 0 Å². The van der Waals surface area contributed by atoms with Crippen molar-refractivity contribution in [2.45, 2.75) is 26.2 Å². The van der Waals surface area contributed by atoms with Crippen molar-refractivity contribution in [3.8, 4) is 6.07 Å². The molecule has 3 heteroatoms. The van der Waals surface area contributed by atoms with Crippen LogP contribution >= 0.6 is 0 Å². The Morgan fingerprint density at radius 3 is 2.73 bits per heavy atom. The molecule has 0 fully saturated rings. The van der Waals surface area contributed by atoms with Crippen LogP contribution in [0.3, 0.4) is 0 Å². The van der Waals surface area contributed by atoms with Crippen LogP contribution in [0.5, 0.6) is 0 Å². The number of nitriles is 1. The van der Waals surface area contributed by atoms with Gasteiger partial charge in [-0.15, -0.1) is 0 Å². The van der Waals surface area contributed by atoms with Gasteiger partial charge in [0, 0.05) is 12.3 Å². The normalized spacial score (nSPS) is 12.1. The van der Waals surface area contributed by atoms with Gasteiger partial charge >= 0.3 is 0 Å². The van der Waals surface area contributed by atoms with Crippen LogP contribution in [0, 0.1) is 17.2 Å². The third-order valence-electron chi connectivity index (χ3n) is 1.71. The van der Waals surface area contributed by atoms with Gasteiger partial charge in [0.15, 0.2) is 5.78 Å². The van der Waals surface area contributed by atoms with E-state index in [1.54, 1.807) is 0 Å². The van der Waals surface area contributed by atoms with Gasteiger partial charge in [-0.2, -0.15) is 5.26 Å². The molecule has 62 valence electrons. The lowest BCUT2D eigenvalue weighted by molar-refractivity contribution is -0.125. The summed E-state index contributed by atoms with van der Waals surface area (Å²) in [6.07, 6.45) is 1.68. The fourth-order valence-corrected chi connectivity index (χ4v) is 0.961. The molecule has 0 saturated heterocycles. The highest BCUT2D eigenvalue weighted by Crippen LogP contribution is 2.10. The molecule has 0 saturated carbocycles. The Hall–Kier alpha value is -0.880. The number of Topliss-reactive ketones (excluding diaryl/α,β-unsaturated/α-hetero) is 1. The summed E-state index contributed by atoms with van der Waals surface area (Å²) in [6.45, 7) is 1.49. The molecule has 0 aliphatic carbocycles. The van der Waals surface area contributed by atoms with Crippen molar-refractivity contribution < 1.29 is 9.90 Å². The van der Waals surface area contributed by atoms with Crippen LogP contribution in [-0.4, -0.2) is 17.5 Å². The standard InChI is InChI=1S/C8H13NO2/c1-2-7(4-3-5-9)8(11)6-10/h7,10H,2-4,6H2,1H3. The Morgan fingerprint density at radius 2 is 2.36 bits per heavy atom. The molecular weight excluding hydrogens is 142 g/mol. The third-order valence-corrected chi connectivity index (χ3v) is 1.71. The van der Waals surface area contributed by atoms with Gasteiger partial charge in [-0.25, -0.2) is 0 Å². The summed E-state index contributed by atoms with van der Waals surface area (Å²) in [5.74, 6) is -0.276. The minimum absolute atomic E-state index is 0.125. The summed E-state index contributed by atoms with van der Waals surface area (Å²) in [5, 5.41) is 16.7. The summed E-state index contributed by atoms with van der Waals surface area (Å²) in [5.41, 5.74) is 0. The van der Waals surface area contributed by atoms with Crippen molar-refractivity contribution in [2.24, 2.45) is 5.92 Å². The number of rotatable bonds is 5. The fourth-order valence-electron chi connectivity index (χ4n) is 0.961. The second-order valence-electron chi connectivity index (χ2n) is 2.43. The van der Waals surface area contributed by atoms with E-state index in [-0.39, 0.29) is 11.7 Å². The monoisotopic (exact) mass is 155 g/mol. The summed E-state index contributed by atoms with van der Waals surface area (Å²) in [4.78, 5) is 10.9. The van der Waals surface area contributed by atoms with E-state index in [4.69, 9.17) is 10.4 Å². The van der Waals surface area contributed by atoms with E-state index in [0.717, 1.165) is 0 Å². The number of aliphatic hydroxyl groups is 1. The minimum Gasteiger partial charge on any atom is -0.389 e. The first-order valence-corrected chi connectivity index (χ1v) is 3.76. The molecule has 1 unspecified atom stereocenters. The Kier molecular flexibility index (Phi) is 5.40. The lowest BCUT2D eigenvalue weighted by atomic mass is 9.96. The van der Waals surface area contributed by atoms with Crippen LogP contribution in [-0.2, 0) is 4.79 Å². The number of hydrogen-bond donors (Lipinski definition) is 1. The first-order valence-electron chi connectivity index (χ1n) is 3.76. The van der Waals surface area contributed by atoms with E-state index >= 15 is 0 Å². The molecule has 0 rings (SSSR count). The highest BCUT2D eigenvalue weighted by molar-refractivity contribution is 5.81. The molecule has 1 atom stereocenters. The van der Waals surface area contributed by atoms with Gasteiger partial charge in [0.25, 0.3) is 0 Å². The van der Waals surface area contributed by atoms with Crippen molar-refractivity contribution in [1.82, 2.24) is 0 Å². The molecule has 0 aromatic carbocycles. The number of carbonyl (C=O) groups is 1. The van der Waals surface area contributed by atoms with Crippen molar-refractivity contribution >= 4 is 5.78 Å². The van der Waals surface area contributed by atoms with Crippen LogP contribution in [0.1, 0.15) is 26.2 Å². The van der Waals surface area contributed by atoms with Crippen LogP contribution in [0.4, 0.5) is 0 Å². The second-order valence-corrected chi connectivity index (χ2v) is 2.43. The van der Waals surface area contributed by atoms with E-state index in [9.17, 15) is 4.79 Å². The molecule has 0 radical (unpaired) electrons. The molecule has 0 spiro atoms. The molecule has 0 aliphatic heterocycles. The van der Waals surface area contributed by atoms with Gasteiger partial charge in [-0.3, -0.25) is 4.79 Å². The molecule has 3 nitrogen and oxygen atoms in total. The summed E-state index contributed by atoms with van der Waals surface area (Å²) >= 11 is 0. The molecule has 0 aromatic rings. The van der Waals surface area contributed by atoms with Crippen molar-refractivity contribution in [1.29, 1.82) is 5.26 Å². The van der Waals surface area contributed by atoms with E-state index < -0.39 is 6.61 Å². The topological polar surface area (TPSA) is 61.1 Å². The maximum atomic E-state index is 10.9. The number of aliphatic hydroxyl groups excluding tert-OH is 1. The van der Waals surface area contributed by atoms with E-state index in [1.807, 2.05) is 13.0 Å². The van der Waals surface area contributed by atoms with E-state index in [2.05, 4.69) is 0 Å². The van der Waals surface area contributed by atoms with Crippen LogP contribution in [0.15, 0.2) is 0 Å². The average Bonchev–Trinajstić information content (AvgIpc) is 2.05. The number of nitrogens with zero attached hydrogens (tertiary/aromatic N) is 1. The third kappa shape index (κ3) is 3.74. The Bertz CT molecular complexity index is 160. The first-order chi connectivity index (χ1) is 5.26. The Morgan fingerprint density at radius 1 is 1.73 bits per heavy atom. The summed E-state index contributed by atoms with van der Waals surface area (Å²) < 4.78 is 0. The highest BCUT2D eigenvalue weighted by Gasteiger charge is 2.13. The van der Waals surface area contributed by atoms with Crippen LogP contribution in [0.2, 0.25) is 0 Å². The lowest BCUT2D eigenvalue weighted by Crippen LogP contribution is -2.16. The largest absolute Gasteiger partial charge is 0.389 e.